The van der Waals surface area contributed by atoms with Gasteiger partial charge in [-0.3, -0.25) is 15.6 Å². The minimum atomic E-state index is -0.182. The zero-order valence-electron chi connectivity index (χ0n) is 15.1. The molecule has 2 aromatic carbocycles. The van der Waals surface area contributed by atoms with Crippen LogP contribution in [-0.4, -0.2) is 22.9 Å². The van der Waals surface area contributed by atoms with E-state index < -0.39 is 0 Å². The molecule has 0 aliphatic rings. The van der Waals surface area contributed by atoms with Crippen molar-refractivity contribution in [1.82, 2.24) is 15.4 Å². The van der Waals surface area contributed by atoms with Crippen molar-refractivity contribution in [3.63, 3.8) is 0 Å². The van der Waals surface area contributed by atoms with E-state index in [4.69, 9.17) is 5.73 Å². The lowest BCUT2D eigenvalue weighted by atomic mass is 10.1. The number of carbonyl (C=O) groups excluding carboxylic acids is 1. The van der Waals surface area contributed by atoms with Crippen LogP contribution in [0, 0.1) is 0 Å². The van der Waals surface area contributed by atoms with Crippen LogP contribution in [-0.2, 0) is 17.8 Å². The van der Waals surface area contributed by atoms with Gasteiger partial charge in [0.1, 0.15) is 12.0 Å². The molecule has 1 heterocycles. The maximum absolute atomic E-state index is 12.1. The van der Waals surface area contributed by atoms with Crippen LogP contribution < -0.4 is 21.5 Å². The Balaban J connectivity index is 1.63. The van der Waals surface area contributed by atoms with Crippen molar-refractivity contribution in [3.8, 4) is 0 Å². The van der Waals surface area contributed by atoms with Gasteiger partial charge in [-0.2, -0.15) is 0 Å². The van der Waals surface area contributed by atoms with Crippen LogP contribution >= 0.6 is 0 Å². The van der Waals surface area contributed by atoms with Crippen LogP contribution in [0.3, 0.4) is 0 Å². The predicted octanol–water partition coefficient (Wildman–Crippen LogP) is 2.38. The van der Waals surface area contributed by atoms with Gasteiger partial charge in [0.25, 0.3) is 0 Å². The number of hydrogen-bond acceptors (Lipinski definition) is 6. The third-order valence-electron chi connectivity index (χ3n) is 4.01. The second-order valence-corrected chi connectivity index (χ2v) is 6.14. The zero-order chi connectivity index (χ0) is 19.1. The quantitative estimate of drug-likeness (QED) is 0.559. The molecule has 0 aliphatic carbocycles. The zero-order valence-corrected chi connectivity index (χ0v) is 15.1. The molecule has 138 valence electrons. The van der Waals surface area contributed by atoms with E-state index in [0.717, 1.165) is 11.1 Å². The van der Waals surface area contributed by atoms with Gasteiger partial charge in [-0.05, 0) is 11.1 Å². The summed E-state index contributed by atoms with van der Waals surface area (Å²) in [5.41, 5.74) is 14.1. The molecule has 7 nitrogen and oxygen atoms in total. The van der Waals surface area contributed by atoms with E-state index in [1.165, 1.54) is 6.33 Å². The van der Waals surface area contributed by atoms with E-state index >= 15 is 0 Å². The Hall–Kier alpha value is -3.61. The van der Waals surface area contributed by atoms with Gasteiger partial charge < -0.3 is 10.6 Å². The predicted molar refractivity (Wildman–Crippen MR) is 107 cm³/mol. The molecule has 0 fully saturated rings. The summed E-state index contributed by atoms with van der Waals surface area (Å²) in [5.74, 6) is 0.772. The molecule has 0 unspecified atom stereocenters. The first-order chi connectivity index (χ1) is 13.1. The molecule has 0 saturated carbocycles. The van der Waals surface area contributed by atoms with Crippen LogP contribution in [0.2, 0.25) is 0 Å². The number of nitrogen functional groups attached to an aromatic ring is 1. The first-order valence-electron chi connectivity index (χ1n) is 8.58. The van der Waals surface area contributed by atoms with Crippen molar-refractivity contribution in [2.24, 2.45) is 0 Å². The number of amides is 1. The highest BCUT2D eigenvalue weighted by Gasteiger charge is 2.13. The van der Waals surface area contributed by atoms with Crippen molar-refractivity contribution < 1.29 is 4.79 Å². The van der Waals surface area contributed by atoms with Gasteiger partial charge in [0.05, 0.1) is 6.42 Å². The molecule has 4 N–H and O–H groups in total. The molecule has 0 saturated heterocycles. The van der Waals surface area contributed by atoms with E-state index in [-0.39, 0.29) is 12.3 Å². The average molecular weight is 362 g/mol. The standard InChI is InChI=1S/C20H22N6O/c1-26(13-16-10-6-3-7-11-16)20-18(21)19(22-14-23-20)25-24-17(27)12-15-8-4-2-5-9-15/h2-11,14H,12-13,21H2,1H3,(H,24,27)(H,22,23,25). The molecule has 0 atom stereocenters. The number of hydrazine groups is 1. The van der Waals surface area contributed by atoms with Crippen molar-refractivity contribution in [3.05, 3.63) is 78.1 Å². The Kier molecular flexibility index (Phi) is 5.84. The summed E-state index contributed by atoms with van der Waals surface area (Å²) >= 11 is 0. The second-order valence-electron chi connectivity index (χ2n) is 6.14. The van der Waals surface area contributed by atoms with E-state index in [1.54, 1.807) is 0 Å². The maximum Gasteiger partial charge on any atom is 0.242 e. The van der Waals surface area contributed by atoms with Crippen LogP contribution in [0.4, 0.5) is 17.3 Å². The molecule has 3 rings (SSSR count). The van der Waals surface area contributed by atoms with E-state index in [2.05, 4.69) is 20.8 Å². The second kappa shape index (κ2) is 8.66. The summed E-state index contributed by atoms with van der Waals surface area (Å²) < 4.78 is 0. The van der Waals surface area contributed by atoms with Gasteiger partial charge in [0.2, 0.25) is 5.91 Å². The number of nitrogens with zero attached hydrogens (tertiary/aromatic N) is 3. The average Bonchev–Trinajstić information content (AvgIpc) is 2.68. The molecule has 3 aromatic rings. The summed E-state index contributed by atoms with van der Waals surface area (Å²) in [4.78, 5) is 22.4. The number of nitrogens with two attached hydrogens (primary N) is 1. The first-order valence-corrected chi connectivity index (χ1v) is 8.58. The lowest BCUT2D eigenvalue weighted by Crippen LogP contribution is -2.32. The Morgan fingerprint density at radius 3 is 2.30 bits per heavy atom. The van der Waals surface area contributed by atoms with Gasteiger partial charge >= 0.3 is 0 Å². The van der Waals surface area contributed by atoms with Gasteiger partial charge in [0, 0.05) is 13.6 Å². The number of hydrogen-bond donors (Lipinski definition) is 3. The van der Waals surface area contributed by atoms with Gasteiger partial charge in [-0.25, -0.2) is 9.97 Å². The molecule has 27 heavy (non-hydrogen) atoms. The summed E-state index contributed by atoms with van der Waals surface area (Å²) in [5, 5.41) is 0. The maximum atomic E-state index is 12.1. The molecule has 7 heteroatoms. The van der Waals surface area contributed by atoms with Crippen molar-refractivity contribution in [2.45, 2.75) is 13.0 Å². The third-order valence-corrected chi connectivity index (χ3v) is 4.01. The lowest BCUT2D eigenvalue weighted by molar-refractivity contribution is -0.119. The molecule has 0 radical (unpaired) electrons. The minimum absolute atomic E-state index is 0.182. The highest BCUT2D eigenvalue weighted by molar-refractivity contribution is 5.81. The third kappa shape index (κ3) is 4.94. The molecular weight excluding hydrogens is 340 g/mol. The normalized spacial score (nSPS) is 10.3. The molecule has 1 amide bonds. The van der Waals surface area contributed by atoms with Gasteiger partial charge in [-0.15, -0.1) is 0 Å². The molecule has 0 aliphatic heterocycles. The highest BCUT2D eigenvalue weighted by Crippen LogP contribution is 2.25. The lowest BCUT2D eigenvalue weighted by Gasteiger charge is -2.21. The highest BCUT2D eigenvalue weighted by atomic mass is 16.2. The van der Waals surface area contributed by atoms with Gasteiger partial charge in [0.15, 0.2) is 11.6 Å². The number of nitrogens with one attached hydrogen (secondary N) is 2. The Bertz CT molecular complexity index is 885. The summed E-state index contributed by atoms with van der Waals surface area (Å²) in [6.07, 6.45) is 1.68. The number of anilines is 3. The molecule has 1 aromatic heterocycles. The fraction of sp³-hybridized carbons (Fsp3) is 0.150. The molecule has 0 spiro atoms. The smallest absolute Gasteiger partial charge is 0.242 e. The van der Waals surface area contributed by atoms with Crippen LogP contribution in [0.1, 0.15) is 11.1 Å². The Morgan fingerprint density at radius 2 is 1.63 bits per heavy atom. The fourth-order valence-corrected chi connectivity index (χ4v) is 2.68. The largest absolute Gasteiger partial charge is 0.393 e. The number of aromatic nitrogens is 2. The monoisotopic (exact) mass is 362 g/mol. The summed E-state index contributed by atoms with van der Waals surface area (Å²) in [7, 11) is 1.91. The Morgan fingerprint density at radius 1 is 1.00 bits per heavy atom. The van der Waals surface area contributed by atoms with E-state index in [9.17, 15) is 4.79 Å². The Labute approximate surface area is 158 Å². The van der Waals surface area contributed by atoms with Gasteiger partial charge in [-0.1, -0.05) is 60.7 Å². The number of benzene rings is 2. The SMILES string of the molecule is CN(Cc1ccccc1)c1ncnc(NNC(=O)Cc2ccccc2)c1N. The minimum Gasteiger partial charge on any atom is -0.393 e. The fourth-order valence-electron chi connectivity index (χ4n) is 2.68. The molecule has 0 bridgehead atoms. The summed E-state index contributed by atoms with van der Waals surface area (Å²) in [6.45, 7) is 0.655. The number of carbonyl (C=O) groups is 1. The van der Waals surface area contributed by atoms with Crippen LogP contribution in [0.15, 0.2) is 67.0 Å². The van der Waals surface area contributed by atoms with Crippen LogP contribution in [0.5, 0.6) is 0 Å². The molecular formula is C20H22N6O. The van der Waals surface area contributed by atoms with E-state index in [0.29, 0.717) is 23.9 Å². The summed E-state index contributed by atoms with van der Waals surface area (Å²) in [6, 6.07) is 19.5. The van der Waals surface area contributed by atoms with Crippen molar-refractivity contribution in [2.75, 3.05) is 23.1 Å². The first kappa shape index (κ1) is 18.2. The topological polar surface area (TPSA) is 96.2 Å². The number of rotatable bonds is 7. The van der Waals surface area contributed by atoms with Crippen molar-refractivity contribution in [1.29, 1.82) is 0 Å². The van der Waals surface area contributed by atoms with E-state index in [1.807, 2.05) is 72.6 Å². The van der Waals surface area contributed by atoms with Crippen LogP contribution in [0.25, 0.3) is 0 Å². The van der Waals surface area contributed by atoms with Crippen molar-refractivity contribution >= 4 is 23.2 Å².